The van der Waals surface area contributed by atoms with Crippen molar-refractivity contribution in [2.75, 3.05) is 0 Å². The molecule has 1 aliphatic heterocycles. The van der Waals surface area contributed by atoms with E-state index in [2.05, 4.69) is 6.92 Å². The highest BCUT2D eigenvalue weighted by Gasteiger charge is 2.42. The van der Waals surface area contributed by atoms with Crippen LogP contribution in [0.2, 0.25) is 0 Å². The summed E-state index contributed by atoms with van der Waals surface area (Å²) < 4.78 is 5.26. The van der Waals surface area contributed by atoms with Crippen molar-refractivity contribution in [1.29, 1.82) is 0 Å². The summed E-state index contributed by atoms with van der Waals surface area (Å²) in [6, 6.07) is 0. The van der Waals surface area contributed by atoms with Gasteiger partial charge in [0.1, 0.15) is 11.5 Å². The van der Waals surface area contributed by atoms with Gasteiger partial charge in [0.25, 0.3) is 5.79 Å². The van der Waals surface area contributed by atoms with Gasteiger partial charge in [0, 0.05) is 37.2 Å². The van der Waals surface area contributed by atoms with Crippen molar-refractivity contribution in [3.05, 3.63) is 47.3 Å². The molecule has 186 valence electrons. The van der Waals surface area contributed by atoms with E-state index in [4.69, 9.17) is 4.74 Å². The zero-order valence-corrected chi connectivity index (χ0v) is 21.0. The predicted octanol–water partition coefficient (Wildman–Crippen LogP) is 4.55. The number of aliphatic hydroxyl groups is 3. The van der Waals surface area contributed by atoms with Crippen molar-refractivity contribution in [3.63, 3.8) is 0 Å². The average molecular weight is 463 g/mol. The van der Waals surface area contributed by atoms with Gasteiger partial charge in [-0.25, -0.2) is 0 Å². The quantitative estimate of drug-likeness (QED) is 0.258. The second kappa shape index (κ2) is 13.6. The van der Waals surface area contributed by atoms with Gasteiger partial charge in [0.05, 0.1) is 12.2 Å². The number of rotatable bonds is 14. The highest BCUT2D eigenvalue weighted by atomic mass is 16.6. The Labute approximate surface area is 198 Å². The molecular weight excluding hydrogens is 420 g/mol. The highest BCUT2D eigenvalue weighted by Crippen LogP contribution is 2.31. The Hall–Kier alpha value is -2.02. The molecule has 0 saturated heterocycles. The van der Waals surface area contributed by atoms with Crippen LogP contribution in [0.25, 0.3) is 0 Å². The fourth-order valence-corrected chi connectivity index (χ4v) is 3.74. The van der Waals surface area contributed by atoms with E-state index in [1.807, 2.05) is 51.2 Å². The molecule has 0 aromatic heterocycles. The van der Waals surface area contributed by atoms with Gasteiger partial charge in [-0.05, 0) is 38.7 Å². The number of ketones is 2. The minimum Gasteiger partial charge on any atom is -0.459 e. The maximum Gasteiger partial charge on any atom is 0.269 e. The fraction of sp³-hybridized carbons (Fsp3) is 0.630. The Morgan fingerprint density at radius 2 is 1.88 bits per heavy atom. The zero-order chi connectivity index (χ0) is 25.2. The second-order valence-corrected chi connectivity index (χ2v) is 9.28. The van der Waals surface area contributed by atoms with Crippen LogP contribution in [0.5, 0.6) is 0 Å². The molecule has 0 bridgehead atoms. The molecule has 5 atom stereocenters. The third kappa shape index (κ3) is 9.40. The molecule has 0 amide bonds. The molecule has 0 spiro atoms. The van der Waals surface area contributed by atoms with Crippen LogP contribution >= 0.6 is 0 Å². The lowest BCUT2D eigenvalue weighted by Gasteiger charge is -2.18. The SMILES string of the molecule is CCCCC(=O)[C@H](C)/C=C(/C)[C@H](O)[C@H](C)/C=C/C=C\CC[C@@H](O)CC1=C(C)C(=O)[C@@](C)(O)O1. The molecule has 0 aliphatic carbocycles. The van der Waals surface area contributed by atoms with Gasteiger partial charge in [-0.1, -0.05) is 57.6 Å². The predicted molar refractivity (Wildman–Crippen MR) is 130 cm³/mol. The van der Waals surface area contributed by atoms with Crippen LogP contribution in [0.1, 0.15) is 80.1 Å². The van der Waals surface area contributed by atoms with Crippen LogP contribution in [0.15, 0.2) is 47.3 Å². The van der Waals surface area contributed by atoms with Crippen LogP contribution in [0, 0.1) is 11.8 Å². The third-order valence-electron chi connectivity index (χ3n) is 6.01. The molecule has 0 saturated carbocycles. The maximum atomic E-state index is 12.1. The number of unbranched alkanes of at least 4 members (excludes halogenated alkanes) is 1. The molecule has 0 radical (unpaired) electrons. The summed E-state index contributed by atoms with van der Waals surface area (Å²) in [5, 5.41) is 30.6. The van der Waals surface area contributed by atoms with E-state index in [1.54, 1.807) is 6.92 Å². The first-order valence-electron chi connectivity index (χ1n) is 12.0. The minimum atomic E-state index is -1.83. The van der Waals surface area contributed by atoms with Crippen LogP contribution in [-0.4, -0.2) is 44.9 Å². The molecule has 0 aromatic carbocycles. The molecule has 3 N–H and O–H groups in total. The number of allylic oxidation sites excluding steroid dienone is 4. The molecular formula is C27H42O6. The monoisotopic (exact) mass is 462 g/mol. The van der Waals surface area contributed by atoms with Crippen LogP contribution < -0.4 is 0 Å². The van der Waals surface area contributed by atoms with Crippen molar-refractivity contribution in [3.8, 4) is 0 Å². The molecule has 0 fully saturated rings. The first kappa shape index (κ1) is 29.0. The normalized spacial score (nSPS) is 23.3. The molecule has 0 aromatic rings. The van der Waals surface area contributed by atoms with Crippen molar-refractivity contribution in [2.24, 2.45) is 11.8 Å². The smallest absolute Gasteiger partial charge is 0.269 e. The average Bonchev–Trinajstić information content (AvgIpc) is 2.95. The lowest BCUT2D eigenvalue weighted by molar-refractivity contribution is -0.171. The van der Waals surface area contributed by atoms with E-state index < -0.39 is 23.8 Å². The van der Waals surface area contributed by atoms with Crippen molar-refractivity contribution in [1.82, 2.24) is 0 Å². The first-order chi connectivity index (χ1) is 15.4. The van der Waals surface area contributed by atoms with E-state index in [9.17, 15) is 24.9 Å². The van der Waals surface area contributed by atoms with Gasteiger partial charge in [-0.15, -0.1) is 0 Å². The number of carbonyl (C=O) groups excluding carboxylic acids is 2. The fourth-order valence-electron chi connectivity index (χ4n) is 3.74. The Balaban J connectivity index is 2.44. The number of ether oxygens (including phenoxy) is 1. The zero-order valence-electron chi connectivity index (χ0n) is 21.0. The number of aliphatic hydroxyl groups excluding tert-OH is 2. The van der Waals surface area contributed by atoms with Gasteiger partial charge >= 0.3 is 0 Å². The number of hydrogen-bond acceptors (Lipinski definition) is 6. The minimum absolute atomic E-state index is 0.103. The van der Waals surface area contributed by atoms with Crippen molar-refractivity contribution < 1.29 is 29.6 Å². The summed E-state index contributed by atoms with van der Waals surface area (Å²) in [6.45, 7) is 10.6. The van der Waals surface area contributed by atoms with E-state index in [1.165, 1.54) is 6.92 Å². The Bertz CT molecular complexity index is 786. The molecule has 0 unspecified atom stereocenters. The summed E-state index contributed by atoms with van der Waals surface area (Å²) in [4.78, 5) is 23.9. The number of carbonyl (C=O) groups is 2. The van der Waals surface area contributed by atoms with Gasteiger partial charge in [-0.2, -0.15) is 0 Å². The van der Waals surface area contributed by atoms with E-state index in [0.717, 1.165) is 18.4 Å². The van der Waals surface area contributed by atoms with E-state index in [-0.39, 0.29) is 24.0 Å². The van der Waals surface area contributed by atoms with Crippen LogP contribution in [-0.2, 0) is 14.3 Å². The van der Waals surface area contributed by atoms with Gasteiger partial charge in [0.15, 0.2) is 0 Å². The summed E-state index contributed by atoms with van der Waals surface area (Å²) in [5.74, 6) is -2.04. The first-order valence-corrected chi connectivity index (χ1v) is 12.0. The van der Waals surface area contributed by atoms with Gasteiger partial charge in [-0.3, -0.25) is 9.59 Å². The number of Topliss-reactive ketones (excluding diaryl/α,β-unsaturated/α-hetero) is 2. The lowest BCUT2D eigenvalue weighted by Crippen LogP contribution is -2.32. The lowest BCUT2D eigenvalue weighted by atomic mass is 9.93. The Kier molecular flexibility index (Phi) is 12.0. The maximum absolute atomic E-state index is 12.1. The Morgan fingerprint density at radius 1 is 1.21 bits per heavy atom. The highest BCUT2D eigenvalue weighted by molar-refractivity contribution is 6.02. The summed E-state index contributed by atoms with van der Waals surface area (Å²) in [6.07, 6.45) is 11.9. The van der Waals surface area contributed by atoms with E-state index >= 15 is 0 Å². The van der Waals surface area contributed by atoms with Crippen LogP contribution in [0.4, 0.5) is 0 Å². The molecule has 6 nitrogen and oxygen atoms in total. The molecule has 1 rings (SSSR count). The topological polar surface area (TPSA) is 104 Å². The van der Waals surface area contributed by atoms with Gasteiger partial charge < -0.3 is 20.1 Å². The van der Waals surface area contributed by atoms with Crippen LogP contribution in [0.3, 0.4) is 0 Å². The standard InChI is InChI=1S/C27H42O6/c1-7-8-15-23(29)19(3)16-20(4)25(30)18(2)13-11-9-10-12-14-22(28)17-24-21(5)26(31)27(6,32)33-24/h9-11,13,16,18-19,22,25,28,30,32H,7-8,12,14-15,17H2,1-6H3/b10-9-,13-11+,20-16-/t18-,19-,22-,25-,27+/m1/s1. The molecule has 1 aliphatic rings. The Morgan fingerprint density at radius 3 is 2.45 bits per heavy atom. The van der Waals surface area contributed by atoms with Crippen molar-refractivity contribution >= 4 is 11.6 Å². The van der Waals surface area contributed by atoms with Gasteiger partial charge in [0.2, 0.25) is 5.78 Å². The third-order valence-corrected chi connectivity index (χ3v) is 6.01. The van der Waals surface area contributed by atoms with E-state index in [0.29, 0.717) is 30.6 Å². The molecule has 33 heavy (non-hydrogen) atoms. The second-order valence-electron chi connectivity index (χ2n) is 9.28. The summed E-state index contributed by atoms with van der Waals surface area (Å²) >= 11 is 0. The summed E-state index contributed by atoms with van der Waals surface area (Å²) in [5.41, 5.74) is 1.15. The largest absolute Gasteiger partial charge is 0.459 e. The number of hydrogen-bond donors (Lipinski definition) is 3. The van der Waals surface area contributed by atoms with Crippen molar-refractivity contribution in [2.45, 2.75) is 98.1 Å². The summed E-state index contributed by atoms with van der Waals surface area (Å²) in [7, 11) is 0. The molecule has 1 heterocycles. The molecule has 6 heteroatoms.